The van der Waals surface area contributed by atoms with E-state index < -0.39 is 0 Å². The normalized spacial score (nSPS) is 23.2. The Balaban J connectivity index is 0.000000640. The molecule has 3 nitrogen and oxygen atoms in total. The Morgan fingerprint density at radius 1 is 1.78 bits per heavy atom. The lowest BCUT2D eigenvalue weighted by molar-refractivity contribution is 0.183. The average molecular weight is 150 g/mol. The highest BCUT2D eigenvalue weighted by molar-refractivity contribution is 5.85. The van der Waals surface area contributed by atoms with Crippen LogP contribution in [0.25, 0.3) is 0 Å². The molecule has 0 aromatic heterocycles. The largest absolute Gasteiger partial charge is 0.448 e. The lowest BCUT2D eigenvalue weighted by atomic mass is 10.4. The van der Waals surface area contributed by atoms with Crippen LogP contribution in [0.2, 0.25) is 0 Å². The Morgan fingerprint density at radius 3 is 2.67 bits per heavy atom. The van der Waals surface area contributed by atoms with Gasteiger partial charge in [-0.2, -0.15) is 0 Å². The van der Waals surface area contributed by atoms with Crippen LogP contribution >= 0.6 is 12.4 Å². The van der Waals surface area contributed by atoms with E-state index >= 15 is 0 Å². The first-order valence-electron chi connectivity index (χ1n) is 2.29. The van der Waals surface area contributed by atoms with Gasteiger partial charge in [-0.1, -0.05) is 0 Å². The molecular formula is C5H8ClNO2. The molecule has 1 N–H and O–H groups in total. The van der Waals surface area contributed by atoms with Gasteiger partial charge in [-0.25, -0.2) is 0 Å². The summed E-state index contributed by atoms with van der Waals surface area (Å²) in [7, 11) is 1.54. The summed E-state index contributed by atoms with van der Waals surface area (Å²) < 4.78 is 9.42. The Hall–Kier alpha value is -0.540. The fourth-order valence-electron chi connectivity index (χ4n) is 0.524. The monoisotopic (exact) mass is 149 g/mol. The van der Waals surface area contributed by atoms with Crippen molar-refractivity contribution in [2.75, 3.05) is 7.11 Å². The predicted molar refractivity (Wildman–Crippen MR) is 36.0 cm³/mol. The number of hydrogen-bond acceptors (Lipinski definition) is 3. The van der Waals surface area contributed by atoms with Gasteiger partial charge in [0, 0.05) is 7.11 Å². The molecular weight excluding hydrogens is 142 g/mol. The van der Waals surface area contributed by atoms with Gasteiger partial charge in [0.15, 0.2) is 6.10 Å². The average Bonchev–Trinajstić information content (AvgIpc) is 2.14. The lowest BCUT2D eigenvalue weighted by Gasteiger charge is -2.01. The van der Waals surface area contributed by atoms with Crippen molar-refractivity contribution >= 4 is 18.3 Å². The van der Waals surface area contributed by atoms with Crippen LogP contribution in [0.5, 0.6) is 0 Å². The molecule has 0 fully saturated rings. The minimum Gasteiger partial charge on any atom is -0.448 e. The quantitative estimate of drug-likeness (QED) is 0.603. The first-order valence-corrected chi connectivity index (χ1v) is 2.29. The van der Waals surface area contributed by atoms with E-state index in [-0.39, 0.29) is 24.4 Å². The summed E-state index contributed by atoms with van der Waals surface area (Å²) in [5.74, 6) is 0.160. The molecule has 1 aliphatic rings. The van der Waals surface area contributed by atoms with Crippen LogP contribution in [0.4, 0.5) is 0 Å². The van der Waals surface area contributed by atoms with Crippen molar-refractivity contribution < 1.29 is 9.47 Å². The molecule has 0 aromatic rings. The minimum absolute atomic E-state index is 0. The summed E-state index contributed by atoms with van der Waals surface area (Å²) in [4.78, 5) is 0. The van der Waals surface area contributed by atoms with Crippen molar-refractivity contribution in [1.29, 1.82) is 5.41 Å². The van der Waals surface area contributed by atoms with Crippen LogP contribution in [0.15, 0.2) is 12.3 Å². The predicted octanol–water partition coefficient (Wildman–Crippen LogP) is 0.944. The standard InChI is InChI=1S/C5H7NO2.ClH/c1-7-4-2-3-8-5(4)6;/h2-4,6H,1H3;1H. The molecule has 1 heterocycles. The fraction of sp³-hybridized carbons (Fsp3) is 0.400. The van der Waals surface area contributed by atoms with Gasteiger partial charge < -0.3 is 9.47 Å². The molecule has 0 aromatic carbocycles. The zero-order chi connectivity index (χ0) is 5.98. The number of nitrogens with one attached hydrogen (secondary N) is 1. The second-order valence-electron chi connectivity index (χ2n) is 1.47. The fourth-order valence-corrected chi connectivity index (χ4v) is 0.524. The van der Waals surface area contributed by atoms with E-state index in [4.69, 9.17) is 10.1 Å². The van der Waals surface area contributed by atoms with Crippen LogP contribution in [0.1, 0.15) is 0 Å². The minimum atomic E-state index is -0.255. The molecule has 0 saturated heterocycles. The molecule has 1 unspecified atom stereocenters. The molecule has 0 amide bonds. The first-order chi connectivity index (χ1) is 3.84. The highest BCUT2D eigenvalue weighted by Gasteiger charge is 2.15. The van der Waals surface area contributed by atoms with Crippen LogP contribution in [0, 0.1) is 5.41 Å². The van der Waals surface area contributed by atoms with Crippen molar-refractivity contribution in [2.24, 2.45) is 0 Å². The number of ether oxygens (including phenoxy) is 2. The second-order valence-corrected chi connectivity index (χ2v) is 1.47. The van der Waals surface area contributed by atoms with E-state index in [9.17, 15) is 0 Å². The van der Waals surface area contributed by atoms with Crippen molar-refractivity contribution in [2.45, 2.75) is 6.10 Å². The zero-order valence-corrected chi connectivity index (χ0v) is 5.77. The summed E-state index contributed by atoms with van der Waals surface area (Å²) in [5, 5.41) is 7.00. The summed E-state index contributed by atoms with van der Waals surface area (Å²) in [6.45, 7) is 0. The molecule has 1 aliphatic heterocycles. The number of methoxy groups -OCH3 is 1. The lowest BCUT2D eigenvalue weighted by Crippen LogP contribution is -2.15. The van der Waals surface area contributed by atoms with Gasteiger partial charge in [0.05, 0.1) is 6.26 Å². The van der Waals surface area contributed by atoms with E-state index in [2.05, 4.69) is 4.74 Å². The van der Waals surface area contributed by atoms with Gasteiger partial charge in [-0.15, -0.1) is 12.4 Å². The summed E-state index contributed by atoms with van der Waals surface area (Å²) >= 11 is 0. The Kier molecular flexibility index (Phi) is 3.27. The van der Waals surface area contributed by atoms with E-state index in [1.807, 2.05) is 0 Å². The van der Waals surface area contributed by atoms with E-state index in [0.29, 0.717) is 0 Å². The molecule has 9 heavy (non-hydrogen) atoms. The summed E-state index contributed by atoms with van der Waals surface area (Å²) in [6.07, 6.45) is 2.88. The van der Waals surface area contributed by atoms with Crippen LogP contribution in [0.3, 0.4) is 0 Å². The number of halogens is 1. The third-order valence-electron chi connectivity index (χ3n) is 0.961. The van der Waals surface area contributed by atoms with Gasteiger partial charge >= 0.3 is 0 Å². The number of hydrogen-bond donors (Lipinski definition) is 1. The second kappa shape index (κ2) is 3.48. The molecule has 0 radical (unpaired) electrons. The maximum atomic E-state index is 7.00. The van der Waals surface area contributed by atoms with Crippen molar-refractivity contribution in [1.82, 2.24) is 0 Å². The highest BCUT2D eigenvalue weighted by atomic mass is 35.5. The van der Waals surface area contributed by atoms with Gasteiger partial charge in [0.25, 0.3) is 0 Å². The van der Waals surface area contributed by atoms with E-state index in [1.54, 1.807) is 6.08 Å². The Labute approximate surface area is 59.6 Å². The molecule has 0 spiro atoms. The number of rotatable bonds is 1. The maximum absolute atomic E-state index is 7.00. The van der Waals surface area contributed by atoms with Crippen LogP contribution in [-0.2, 0) is 9.47 Å². The molecule has 4 heteroatoms. The SMILES string of the molecule is COC1C=COC1=N.Cl. The van der Waals surface area contributed by atoms with E-state index in [0.717, 1.165) is 0 Å². The van der Waals surface area contributed by atoms with Crippen molar-refractivity contribution in [3.05, 3.63) is 12.3 Å². The topological polar surface area (TPSA) is 42.3 Å². The zero-order valence-electron chi connectivity index (χ0n) is 4.96. The smallest absolute Gasteiger partial charge is 0.219 e. The molecule has 0 saturated carbocycles. The molecule has 1 rings (SSSR count). The van der Waals surface area contributed by atoms with Crippen LogP contribution in [-0.4, -0.2) is 19.1 Å². The molecule has 0 bridgehead atoms. The summed E-state index contributed by atoms with van der Waals surface area (Å²) in [5.41, 5.74) is 0. The van der Waals surface area contributed by atoms with Gasteiger partial charge in [0.2, 0.25) is 5.90 Å². The van der Waals surface area contributed by atoms with Gasteiger partial charge in [-0.3, -0.25) is 5.41 Å². The summed E-state index contributed by atoms with van der Waals surface area (Å²) in [6, 6.07) is 0. The molecule has 0 aliphatic carbocycles. The highest BCUT2D eigenvalue weighted by Crippen LogP contribution is 2.04. The van der Waals surface area contributed by atoms with Crippen molar-refractivity contribution in [3.63, 3.8) is 0 Å². The van der Waals surface area contributed by atoms with Crippen LogP contribution < -0.4 is 0 Å². The molecule has 52 valence electrons. The Morgan fingerprint density at radius 2 is 2.44 bits per heavy atom. The Bertz CT molecular complexity index is 135. The maximum Gasteiger partial charge on any atom is 0.219 e. The van der Waals surface area contributed by atoms with Gasteiger partial charge in [0.1, 0.15) is 0 Å². The van der Waals surface area contributed by atoms with Crippen molar-refractivity contribution in [3.8, 4) is 0 Å². The van der Waals surface area contributed by atoms with Gasteiger partial charge in [-0.05, 0) is 6.08 Å². The van der Waals surface area contributed by atoms with E-state index in [1.165, 1.54) is 13.4 Å². The molecule has 1 atom stereocenters. The third-order valence-corrected chi connectivity index (χ3v) is 0.961. The third kappa shape index (κ3) is 1.69. The first kappa shape index (κ1) is 8.46.